The van der Waals surface area contributed by atoms with Crippen LogP contribution in [0, 0.1) is 0 Å². The average Bonchev–Trinajstić information content (AvgIpc) is 2.48. The number of rotatable bonds is 6. The van der Waals surface area contributed by atoms with Crippen molar-refractivity contribution in [2.24, 2.45) is 0 Å². The summed E-state index contributed by atoms with van der Waals surface area (Å²) in [6.07, 6.45) is 4.31. The summed E-state index contributed by atoms with van der Waals surface area (Å²) >= 11 is 0. The van der Waals surface area contributed by atoms with Gasteiger partial charge in [0.15, 0.2) is 0 Å². The van der Waals surface area contributed by atoms with Crippen LogP contribution in [0.25, 0.3) is 0 Å². The van der Waals surface area contributed by atoms with Gasteiger partial charge in [-0.25, -0.2) is 9.97 Å². The number of nitrogens with zero attached hydrogens (tertiary/aromatic N) is 2. The van der Waals surface area contributed by atoms with Crippen LogP contribution < -0.4 is 10.1 Å². The maximum Gasteiger partial charge on any atom is 0.124 e. The Morgan fingerprint density at radius 1 is 1.26 bits per heavy atom. The fourth-order valence-electron chi connectivity index (χ4n) is 2.00. The molecule has 0 radical (unpaired) electrons. The van der Waals surface area contributed by atoms with E-state index in [0.29, 0.717) is 0 Å². The number of aromatic nitrogens is 2. The van der Waals surface area contributed by atoms with Gasteiger partial charge in [-0.05, 0) is 25.6 Å². The van der Waals surface area contributed by atoms with Gasteiger partial charge in [-0.2, -0.15) is 0 Å². The normalized spacial score (nSPS) is 12.1. The molecule has 0 bridgehead atoms. The van der Waals surface area contributed by atoms with Crippen molar-refractivity contribution >= 4 is 0 Å². The Hall–Kier alpha value is -1.94. The lowest BCUT2D eigenvalue weighted by Crippen LogP contribution is -2.20. The summed E-state index contributed by atoms with van der Waals surface area (Å²) in [6.45, 7) is 2.82. The molecule has 4 nitrogen and oxygen atoms in total. The number of para-hydroxylation sites is 1. The minimum absolute atomic E-state index is 0.0102. The molecule has 100 valence electrons. The second-order valence-corrected chi connectivity index (χ2v) is 4.24. The lowest BCUT2D eigenvalue weighted by atomic mass is 10.0. The van der Waals surface area contributed by atoms with Crippen LogP contribution in [0.4, 0.5) is 0 Å². The van der Waals surface area contributed by atoms with Crippen molar-refractivity contribution in [1.29, 1.82) is 0 Å². The quantitative estimate of drug-likeness (QED) is 0.864. The van der Waals surface area contributed by atoms with E-state index in [9.17, 15) is 0 Å². The van der Waals surface area contributed by atoms with Crippen LogP contribution in [0.5, 0.6) is 5.75 Å². The zero-order chi connectivity index (χ0) is 13.5. The fraction of sp³-hybridized carbons (Fsp3) is 0.333. The summed E-state index contributed by atoms with van der Waals surface area (Å²) in [7, 11) is 1.92. The van der Waals surface area contributed by atoms with Crippen molar-refractivity contribution in [1.82, 2.24) is 15.3 Å². The maximum absolute atomic E-state index is 5.81. The monoisotopic (exact) mass is 257 g/mol. The SMILES string of the molecule is CCCOc1ccccc1C(NC)c1ccncn1. The van der Waals surface area contributed by atoms with Crippen LogP contribution in [-0.2, 0) is 0 Å². The molecule has 0 amide bonds. The molecule has 1 unspecified atom stereocenters. The van der Waals surface area contributed by atoms with E-state index in [4.69, 9.17) is 4.74 Å². The largest absolute Gasteiger partial charge is 0.493 e. The van der Waals surface area contributed by atoms with Crippen molar-refractivity contribution in [3.63, 3.8) is 0 Å². The molecule has 1 N–H and O–H groups in total. The number of benzene rings is 1. The molecule has 2 aromatic rings. The topological polar surface area (TPSA) is 47.0 Å². The van der Waals surface area contributed by atoms with Crippen molar-refractivity contribution in [2.45, 2.75) is 19.4 Å². The van der Waals surface area contributed by atoms with E-state index in [1.165, 1.54) is 0 Å². The molecule has 0 saturated carbocycles. The van der Waals surface area contributed by atoms with Crippen LogP contribution in [0.15, 0.2) is 42.9 Å². The Morgan fingerprint density at radius 3 is 2.79 bits per heavy atom. The van der Waals surface area contributed by atoms with Gasteiger partial charge in [0.05, 0.1) is 18.3 Å². The van der Waals surface area contributed by atoms with E-state index < -0.39 is 0 Å². The second-order valence-electron chi connectivity index (χ2n) is 4.24. The average molecular weight is 257 g/mol. The summed E-state index contributed by atoms with van der Waals surface area (Å²) in [5.74, 6) is 0.905. The molecule has 1 aromatic carbocycles. The lowest BCUT2D eigenvalue weighted by Gasteiger charge is -2.19. The molecule has 4 heteroatoms. The summed E-state index contributed by atoms with van der Waals surface area (Å²) in [5, 5.41) is 3.28. The Labute approximate surface area is 113 Å². The highest BCUT2D eigenvalue weighted by atomic mass is 16.5. The van der Waals surface area contributed by atoms with Gasteiger partial charge in [0.25, 0.3) is 0 Å². The lowest BCUT2D eigenvalue weighted by molar-refractivity contribution is 0.312. The zero-order valence-corrected chi connectivity index (χ0v) is 11.3. The number of hydrogen-bond donors (Lipinski definition) is 1. The molecule has 0 fully saturated rings. The van der Waals surface area contributed by atoms with Gasteiger partial charge in [0, 0.05) is 11.8 Å². The zero-order valence-electron chi connectivity index (χ0n) is 11.3. The molecule has 0 saturated heterocycles. The first-order chi connectivity index (χ1) is 9.36. The molecule has 0 aliphatic heterocycles. The van der Waals surface area contributed by atoms with E-state index in [2.05, 4.69) is 28.3 Å². The van der Waals surface area contributed by atoms with E-state index >= 15 is 0 Å². The van der Waals surface area contributed by atoms with Crippen LogP contribution in [0.2, 0.25) is 0 Å². The molecule has 2 rings (SSSR count). The highest BCUT2D eigenvalue weighted by Gasteiger charge is 2.17. The van der Waals surface area contributed by atoms with E-state index in [1.807, 2.05) is 31.3 Å². The van der Waals surface area contributed by atoms with Gasteiger partial charge >= 0.3 is 0 Å². The van der Waals surface area contributed by atoms with Crippen LogP contribution >= 0.6 is 0 Å². The summed E-state index contributed by atoms with van der Waals surface area (Å²) in [6, 6.07) is 9.99. The standard InChI is InChI=1S/C15H19N3O/c1-3-10-19-14-7-5-4-6-12(14)15(16-2)13-8-9-17-11-18-13/h4-9,11,15-16H,3,10H2,1-2H3. The Morgan fingerprint density at radius 2 is 2.11 bits per heavy atom. The van der Waals surface area contributed by atoms with E-state index in [-0.39, 0.29) is 6.04 Å². The Balaban J connectivity index is 2.33. The number of nitrogens with one attached hydrogen (secondary N) is 1. The summed E-state index contributed by atoms with van der Waals surface area (Å²) < 4.78 is 5.81. The maximum atomic E-state index is 5.81. The third kappa shape index (κ3) is 3.29. The molecule has 1 heterocycles. The minimum Gasteiger partial charge on any atom is -0.493 e. The van der Waals surface area contributed by atoms with Crippen LogP contribution in [0.3, 0.4) is 0 Å². The molecule has 19 heavy (non-hydrogen) atoms. The Kier molecular flexibility index (Phi) is 4.86. The predicted molar refractivity (Wildman–Crippen MR) is 75.2 cm³/mol. The van der Waals surface area contributed by atoms with Gasteiger partial charge in [-0.1, -0.05) is 25.1 Å². The van der Waals surface area contributed by atoms with Gasteiger partial charge in [0.2, 0.25) is 0 Å². The first-order valence-corrected chi connectivity index (χ1v) is 6.51. The molecule has 0 aliphatic rings. The molecular weight excluding hydrogens is 238 g/mol. The van der Waals surface area contributed by atoms with E-state index in [1.54, 1.807) is 12.5 Å². The molecule has 1 atom stereocenters. The molecule has 1 aromatic heterocycles. The van der Waals surface area contributed by atoms with Gasteiger partial charge in [-0.3, -0.25) is 0 Å². The third-order valence-electron chi connectivity index (χ3n) is 2.88. The summed E-state index contributed by atoms with van der Waals surface area (Å²) in [5.41, 5.74) is 2.03. The number of hydrogen-bond acceptors (Lipinski definition) is 4. The highest BCUT2D eigenvalue weighted by Crippen LogP contribution is 2.28. The van der Waals surface area contributed by atoms with Crippen LogP contribution in [-0.4, -0.2) is 23.6 Å². The molecule has 0 aliphatic carbocycles. The molecular formula is C15H19N3O. The third-order valence-corrected chi connectivity index (χ3v) is 2.88. The van der Waals surface area contributed by atoms with Crippen molar-refractivity contribution < 1.29 is 4.74 Å². The van der Waals surface area contributed by atoms with Crippen molar-refractivity contribution in [3.8, 4) is 5.75 Å². The number of ether oxygens (including phenoxy) is 1. The Bertz CT molecular complexity index is 502. The first-order valence-electron chi connectivity index (χ1n) is 6.51. The predicted octanol–water partition coefficient (Wildman–Crippen LogP) is 2.57. The van der Waals surface area contributed by atoms with Gasteiger partial charge in [0.1, 0.15) is 12.1 Å². The smallest absolute Gasteiger partial charge is 0.124 e. The van der Waals surface area contributed by atoms with Gasteiger partial charge < -0.3 is 10.1 Å². The van der Waals surface area contributed by atoms with Crippen LogP contribution in [0.1, 0.15) is 30.6 Å². The fourth-order valence-corrected chi connectivity index (χ4v) is 2.00. The minimum atomic E-state index is 0.0102. The summed E-state index contributed by atoms with van der Waals surface area (Å²) in [4.78, 5) is 8.28. The highest BCUT2D eigenvalue weighted by molar-refractivity contribution is 5.39. The van der Waals surface area contributed by atoms with E-state index in [0.717, 1.165) is 30.0 Å². The van der Waals surface area contributed by atoms with Crippen molar-refractivity contribution in [3.05, 3.63) is 54.1 Å². The first kappa shape index (κ1) is 13.5. The molecule has 0 spiro atoms. The second kappa shape index (κ2) is 6.85. The van der Waals surface area contributed by atoms with Crippen molar-refractivity contribution in [2.75, 3.05) is 13.7 Å². The van der Waals surface area contributed by atoms with Gasteiger partial charge in [-0.15, -0.1) is 0 Å².